The van der Waals surface area contributed by atoms with E-state index in [-0.39, 0.29) is 11.4 Å². The monoisotopic (exact) mass is 449 g/mol. The number of hydrogen-bond acceptors (Lipinski definition) is 5. The molecule has 0 aliphatic carbocycles. The summed E-state index contributed by atoms with van der Waals surface area (Å²) in [6.45, 7) is 8.18. The van der Waals surface area contributed by atoms with Crippen LogP contribution in [0.4, 0.5) is 0 Å². The molecule has 2 aliphatic heterocycles. The number of aliphatic imine (C=N–C) groups is 1. The number of benzene rings is 1. The van der Waals surface area contributed by atoms with Crippen molar-refractivity contribution < 1.29 is 9.53 Å². The van der Waals surface area contributed by atoms with Gasteiger partial charge < -0.3 is 9.30 Å². The second kappa shape index (κ2) is 8.78. The largest absolute Gasteiger partial charge is 0.495 e. The number of hydrogen-bond donors (Lipinski definition) is 1. The lowest BCUT2D eigenvalue weighted by atomic mass is 10.1. The van der Waals surface area contributed by atoms with Crippen molar-refractivity contribution in [3.05, 3.63) is 52.4 Å². The zero-order valence-corrected chi connectivity index (χ0v) is 19.8. The first kappa shape index (κ1) is 22.1. The highest BCUT2D eigenvalue weighted by atomic mass is 32.2. The Morgan fingerprint density at radius 3 is 2.72 bits per heavy atom. The molecule has 1 N–H and O–H groups in total. The molecule has 0 bridgehead atoms. The van der Waals surface area contributed by atoms with Crippen molar-refractivity contribution in [2.75, 3.05) is 7.11 Å². The summed E-state index contributed by atoms with van der Waals surface area (Å²) < 4.78 is 7.69. The average Bonchev–Trinajstić information content (AvgIpc) is 3.29. The summed E-state index contributed by atoms with van der Waals surface area (Å²) >= 11 is 1.38. The van der Waals surface area contributed by atoms with Gasteiger partial charge in [-0.05, 0) is 80.8 Å². The number of methoxy groups -OCH3 is 1. The summed E-state index contributed by atoms with van der Waals surface area (Å²) in [6, 6.07) is 8.06. The molecule has 8 heteroatoms. The van der Waals surface area contributed by atoms with Crippen LogP contribution in [0.3, 0.4) is 0 Å². The Hall–Kier alpha value is -3.13. The summed E-state index contributed by atoms with van der Waals surface area (Å²) in [5, 5.41) is 16.0. The number of ether oxygens (including phenoxy) is 1. The number of unbranched alkanes of at least 4 members (excludes halogenated alkanes) is 1. The van der Waals surface area contributed by atoms with E-state index in [1.807, 2.05) is 39.0 Å². The zero-order valence-electron chi connectivity index (χ0n) is 19.0. The summed E-state index contributed by atoms with van der Waals surface area (Å²) in [4.78, 5) is 17.0. The number of aromatic nitrogens is 1. The summed E-state index contributed by atoms with van der Waals surface area (Å²) in [5.41, 5.74) is 5.14. The van der Waals surface area contributed by atoms with E-state index in [1.165, 1.54) is 16.8 Å². The van der Waals surface area contributed by atoms with Crippen molar-refractivity contribution in [1.29, 1.82) is 5.41 Å². The van der Waals surface area contributed by atoms with E-state index in [0.29, 0.717) is 5.17 Å². The maximum atomic E-state index is 12.8. The van der Waals surface area contributed by atoms with Crippen LogP contribution in [-0.2, 0) is 4.79 Å². The van der Waals surface area contributed by atoms with Crippen molar-refractivity contribution in [2.45, 2.75) is 47.0 Å². The van der Waals surface area contributed by atoms with Crippen LogP contribution in [0.25, 0.3) is 11.8 Å². The Morgan fingerprint density at radius 1 is 1.22 bits per heavy atom. The fourth-order valence-electron chi connectivity index (χ4n) is 3.90. The molecule has 0 fully saturated rings. The van der Waals surface area contributed by atoms with E-state index in [0.717, 1.165) is 58.3 Å². The Morgan fingerprint density at radius 2 is 2.00 bits per heavy atom. The third kappa shape index (κ3) is 3.90. The van der Waals surface area contributed by atoms with Crippen molar-refractivity contribution in [3.63, 3.8) is 0 Å². The second-order valence-corrected chi connectivity index (χ2v) is 9.00. The normalized spacial score (nSPS) is 17.0. The van der Waals surface area contributed by atoms with Crippen molar-refractivity contribution in [3.8, 4) is 11.4 Å². The Kier molecular flexibility index (Phi) is 6.06. The molecule has 4 rings (SSSR count). The number of rotatable bonds is 6. The number of amidine groups is 2. The van der Waals surface area contributed by atoms with Crippen LogP contribution >= 0.6 is 11.8 Å². The van der Waals surface area contributed by atoms with E-state index >= 15 is 0 Å². The highest BCUT2D eigenvalue weighted by Gasteiger charge is 2.35. The number of carbonyl (C=O) groups excluding carboxylic acids is 1. The Balaban J connectivity index is 1.72. The zero-order chi connectivity index (χ0) is 23.0. The van der Waals surface area contributed by atoms with Crippen LogP contribution in [-0.4, -0.2) is 38.6 Å². The molecule has 1 amide bonds. The molecule has 0 saturated carbocycles. The fraction of sp³-hybridized carbons (Fsp3) is 0.333. The molecule has 0 spiro atoms. The van der Waals surface area contributed by atoms with Gasteiger partial charge in [-0.3, -0.25) is 10.2 Å². The van der Waals surface area contributed by atoms with Crippen LogP contribution in [0.15, 0.2) is 39.9 Å². The lowest BCUT2D eigenvalue weighted by Crippen LogP contribution is -2.35. The van der Waals surface area contributed by atoms with E-state index in [1.54, 1.807) is 13.2 Å². The Labute approximate surface area is 192 Å². The molecule has 32 heavy (non-hydrogen) atoms. The third-order valence-corrected chi connectivity index (χ3v) is 6.55. The highest BCUT2D eigenvalue weighted by Crippen LogP contribution is 2.32. The van der Waals surface area contributed by atoms with Gasteiger partial charge in [-0.25, -0.2) is 0 Å². The molecule has 1 aromatic carbocycles. The van der Waals surface area contributed by atoms with Gasteiger partial charge in [-0.15, -0.1) is 0 Å². The van der Waals surface area contributed by atoms with Crippen LogP contribution in [0.5, 0.6) is 5.75 Å². The number of nitrogens with one attached hydrogen (secondary N) is 1. The quantitative estimate of drug-likeness (QED) is 0.613. The number of thioether (sulfide) groups is 1. The van der Waals surface area contributed by atoms with Gasteiger partial charge in [0, 0.05) is 11.4 Å². The summed E-state index contributed by atoms with van der Waals surface area (Å²) in [7, 11) is 1.66. The van der Waals surface area contributed by atoms with Gasteiger partial charge in [0.15, 0.2) is 5.84 Å². The molecule has 2 aliphatic rings. The second-order valence-electron chi connectivity index (χ2n) is 7.95. The number of carbonyl (C=O) groups is 1. The maximum Gasteiger partial charge on any atom is 0.283 e. The van der Waals surface area contributed by atoms with E-state index in [2.05, 4.69) is 27.7 Å². The van der Waals surface area contributed by atoms with Gasteiger partial charge in [-0.2, -0.15) is 15.1 Å². The highest BCUT2D eigenvalue weighted by molar-refractivity contribution is 8.26. The molecular weight excluding hydrogens is 422 g/mol. The predicted molar refractivity (Wildman–Crippen MR) is 131 cm³/mol. The molecule has 0 saturated heterocycles. The number of hydrazone groups is 1. The third-order valence-electron chi connectivity index (χ3n) is 5.59. The molecule has 1 aromatic heterocycles. The summed E-state index contributed by atoms with van der Waals surface area (Å²) in [6.07, 6.45) is 4.66. The van der Waals surface area contributed by atoms with Gasteiger partial charge in [0.05, 0.1) is 18.4 Å². The number of fused-ring (bicyclic) bond motifs is 1. The van der Waals surface area contributed by atoms with Crippen molar-refractivity contribution in [2.24, 2.45) is 10.1 Å². The first-order valence-corrected chi connectivity index (χ1v) is 11.5. The van der Waals surface area contributed by atoms with Crippen molar-refractivity contribution >= 4 is 39.8 Å². The minimum Gasteiger partial charge on any atom is -0.495 e. The SMILES string of the molecule is CCCCC1=NN2C(=N)/C(=C\c3cc(C)n(-c4cc(C)ccc4OC)c3C)C(=O)N=C2S1. The Bertz CT molecular complexity index is 1210. The lowest BCUT2D eigenvalue weighted by Gasteiger charge is -2.20. The van der Waals surface area contributed by atoms with Gasteiger partial charge in [-0.1, -0.05) is 19.4 Å². The molecule has 166 valence electrons. The minimum absolute atomic E-state index is 0.0666. The first-order valence-electron chi connectivity index (χ1n) is 10.7. The van der Waals surface area contributed by atoms with Crippen LogP contribution < -0.4 is 4.74 Å². The topological polar surface area (TPSA) is 83.0 Å². The molecule has 3 heterocycles. The smallest absolute Gasteiger partial charge is 0.283 e. The van der Waals surface area contributed by atoms with Gasteiger partial charge in [0.2, 0.25) is 5.17 Å². The van der Waals surface area contributed by atoms with Gasteiger partial charge in [0.25, 0.3) is 5.91 Å². The van der Waals surface area contributed by atoms with Crippen LogP contribution in [0.1, 0.15) is 48.7 Å². The number of aryl methyl sites for hydroxylation is 2. The van der Waals surface area contributed by atoms with Gasteiger partial charge in [0.1, 0.15) is 10.8 Å². The van der Waals surface area contributed by atoms with E-state index < -0.39 is 5.91 Å². The average molecular weight is 450 g/mol. The van der Waals surface area contributed by atoms with E-state index in [4.69, 9.17) is 10.1 Å². The number of nitrogens with zero attached hydrogens (tertiary/aromatic N) is 4. The fourth-order valence-corrected chi connectivity index (χ4v) is 4.82. The standard InChI is InChI=1S/C24H27N5O2S/c1-6-7-8-21-27-29-22(25)18(23(30)26-24(29)32-21)13-17-12-15(3)28(16(17)4)19-11-14(2)9-10-20(19)31-5/h9-13,25H,6-8H2,1-5H3/b18-13+,25-22?. The molecule has 0 unspecified atom stereocenters. The molecule has 0 radical (unpaired) electrons. The van der Waals surface area contributed by atoms with Crippen LogP contribution in [0, 0.1) is 26.2 Å². The summed E-state index contributed by atoms with van der Waals surface area (Å²) in [5.74, 6) is 0.436. The lowest BCUT2D eigenvalue weighted by molar-refractivity contribution is -0.114. The van der Waals surface area contributed by atoms with Crippen LogP contribution in [0.2, 0.25) is 0 Å². The van der Waals surface area contributed by atoms with Gasteiger partial charge >= 0.3 is 0 Å². The molecular formula is C24H27N5O2S. The predicted octanol–water partition coefficient (Wildman–Crippen LogP) is 5.22. The van der Waals surface area contributed by atoms with E-state index in [9.17, 15) is 4.79 Å². The number of amides is 1. The molecule has 2 aromatic rings. The molecule has 0 atom stereocenters. The maximum absolute atomic E-state index is 12.8. The minimum atomic E-state index is -0.404. The molecule has 7 nitrogen and oxygen atoms in total. The first-order chi connectivity index (χ1) is 15.3. The van der Waals surface area contributed by atoms with Crippen molar-refractivity contribution in [1.82, 2.24) is 9.58 Å².